The van der Waals surface area contributed by atoms with Crippen LogP contribution in [0.15, 0.2) is 79.8 Å². The fourth-order valence-electron chi connectivity index (χ4n) is 7.06. The molecule has 6 rings (SSSR count). The lowest BCUT2D eigenvalue weighted by atomic mass is 9.65. The average molecular weight is 652 g/mol. The molecule has 5 aromatic rings. The molecular formula is C38H41N3O7. The second-order valence-electron chi connectivity index (χ2n) is 15.1. The van der Waals surface area contributed by atoms with Crippen LogP contribution in [0.5, 0.6) is 11.5 Å². The Morgan fingerprint density at radius 1 is 0.792 bits per heavy atom. The van der Waals surface area contributed by atoms with E-state index in [1.54, 1.807) is 45.0 Å². The van der Waals surface area contributed by atoms with Crippen LogP contribution in [0.4, 0.5) is 0 Å². The Morgan fingerprint density at radius 3 is 1.65 bits per heavy atom. The molecule has 1 saturated carbocycles. The highest BCUT2D eigenvalue weighted by molar-refractivity contribution is 5.98. The van der Waals surface area contributed by atoms with E-state index in [0.717, 1.165) is 21.1 Å². The Hall–Kier alpha value is -4.83. The van der Waals surface area contributed by atoms with Gasteiger partial charge in [-0.15, -0.1) is 0 Å². The predicted octanol–water partition coefficient (Wildman–Crippen LogP) is 5.03. The van der Waals surface area contributed by atoms with Gasteiger partial charge in [-0.25, -0.2) is 4.57 Å². The standard InChI is InChI=1S/C38H41N3O7/c1-21-19-38(21,34(46)47-8)20-37(7,39)36(5,6)22-9-13-24(14-10-22)48-25-15-11-23(12-16-25)40-30(42)26-17-28-29(18-27(26)31(40)43)33(45)41(32(28)44)35(2,3)4/h9-18,21H,19-20,39H2,1-8H3. The Labute approximate surface area is 277 Å². The molecule has 0 aliphatic heterocycles. The van der Waals surface area contributed by atoms with Gasteiger partial charge in [0.05, 0.1) is 39.8 Å². The highest BCUT2D eigenvalue weighted by Gasteiger charge is 2.62. The molecule has 250 valence electrons. The first-order valence-electron chi connectivity index (χ1n) is 16.1. The van der Waals surface area contributed by atoms with Gasteiger partial charge in [-0.1, -0.05) is 32.9 Å². The first-order chi connectivity index (χ1) is 22.3. The van der Waals surface area contributed by atoms with E-state index in [-0.39, 0.29) is 33.4 Å². The van der Waals surface area contributed by atoms with Crippen molar-refractivity contribution >= 4 is 27.5 Å². The van der Waals surface area contributed by atoms with Crippen molar-refractivity contribution < 1.29 is 14.3 Å². The third-order valence-corrected chi connectivity index (χ3v) is 10.6. The molecule has 3 unspecified atom stereocenters. The molecule has 2 N–H and O–H groups in total. The first-order valence-corrected chi connectivity index (χ1v) is 16.1. The van der Waals surface area contributed by atoms with Crippen molar-refractivity contribution in [3.63, 3.8) is 0 Å². The fraction of sp³-hybridized carbons (Fsp3) is 0.395. The Balaban J connectivity index is 1.23. The van der Waals surface area contributed by atoms with Gasteiger partial charge in [0.15, 0.2) is 0 Å². The molecule has 1 fully saturated rings. The minimum absolute atomic E-state index is 0.0830. The summed E-state index contributed by atoms with van der Waals surface area (Å²) in [7, 11) is 1.42. The lowest BCUT2D eigenvalue weighted by Crippen LogP contribution is -2.55. The maximum absolute atomic E-state index is 13.4. The van der Waals surface area contributed by atoms with Gasteiger partial charge in [-0.2, -0.15) is 0 Å². The van der Waals surface area contributed by atoms with Crippen molar-refractivity contribution in [2.75, 3.05) is 7.11 Å². The number of fused-ring (bicyclic) bond motifs is 2. The highest BCUT2D eigenvalue weighted by atomic mass is 16.5. The second kappa shape index (κ2) is 10.8. The van der Waals surface area contributed by atoms with Gasteiger partial charge >= 0.3 is 5.97 Å². The van der Waals surface area contributed by atoms with E-state index in [1.165, 1.54) is 19.2 Å². The molecule has 3 aromatic carbocycles. The highest BCUT2D eigenvalue weighted by Crippen LogP contribution is 2.59. The zero-order valence-electron chi connectivity index (χ0n) is 28.6. The van der Waals surface area contributed by atoms with E-state index in [4.69, 9.17) is 15.2 Å². The second-order valence-corrected chi connectivity index (χ2v) is 15.1. The Morgan fingerprint density at radius 2 is 1.23 bits per heavy atom. The summed E-state index contributed by atoms with van der Waals surface area (Å²) in [5, 5.41) is 0.404. The number of carbonyl (C=O) groups excluding carboxylic acids is 1. The minimum Gasteiger partial charge on any atom is -0.469 e. The lowest BCUT2D eigenvalue weighted by molar-refractivity contribution is -0.148. The summed E-state index contributed by atoms with van der Waals surface area (Å²) in [6, 6.07) is 16.9. The van der Waals surface area contributed by atoms with Crippen LogP contribution in [0.25, 0.3) is 27.2 Å². The zero-order chi connectivity index (χ0) is 35.1. The van der Waals surface area contributed by atoms with Crippen LogP contribution in [0.3, 0.4) is 0 Å². The van der Waals surface area contributed by atoms with Crippen LogP contribution in [0.1, 0.15) is 66.9 Å². The van der Waals surface area contributed by atoms with Crippen LogP contribution >= 0.6 is 0 Å². The van der Waals surface area contributed by atoms with E-state index >= 15 is 0 Å². The summed E-state index contributed by atoms with van der Waals surface area (Å²) >= 11 is 0. The van der Waals surface area contributed by atoms with Crippen molar-refractivity contribution in [3.8, 4) is 17.2 Å². The van der Waals surface area contributed by atoms with Crippen molar-refractivity contribution in [1.82, 2.24) is 9.13 Å². The maximum atomic E-state index is 13.4. The monoisotopic (exact) mass is 651 g/mol. The molecule has 2 heterocycles. The third-order valence-electron chi connectivity index (χ3n) is 10.6. The summed E-state index contributed by atoms with van der Waals surface area (Å²) in [5.74, 6) is 1.09. The van der Waals surface area contributed by atoms with E-state index in [9.17, 15) is 24.0 Å². The van der Waals surface area contributed by atoms with Crippen molar-refractivity contribution in [3.05, 3.63) is 108 Å². The summed E-state index contributed by atoms with van der Waals surface area (Å²) in [4.78, 5) is 65.5. The molecule has 10 heteroatoms. The van der Waals surface area contributed by atoms with E-state index in [1.807, 2.05) is 31.2 Å². The number of carbonyl (C=O) groups is 1. The van der Waals surface area contributed by atoms with E-state index in [0.29, 0.717) is 23.6 Å². The van der Waals surface area contributed by atoms with Gasteiger partial charge in [0.25, 0.3) is 22.2 Å². The van der Waals surface area contributed by atoms with Gasteiger partial charge in [0.1, 0.15) is 11.5 Å². The normalized spacial score (nSPS) is 19.4. The lowest BCUT2D eigenvalue weighted by Gasteiger charge is -2.44. The number of rotatable bonds is 8. The molecule has 3 atom stereocenters. The molecule has 0 spiro atoms. The summed E-state index contributed by atoms with van der Waals surface area (Å²) in [6.07, 6.45) is 1.27. The fourth-order valence-corrected chi connectivity index (χ4v) is 7.06. The first kappa shape index (κ1) is 33.1. The predicted molar refractivity (Wildman–Crippen MR) is 186 cm³/mol. The molecule has 0 bridgehead atoms. The topological polar surface area (TPSA) is 140 Å². The molecule has 48 heavy (non-hydrogen) atoms. The number of methoxy groups -OCH3 is 1. The molecule has 0 saturated heterocycles. The summed E-state index contributed by atoms with van der Waals surface area (Å²) in [6.45, 7) is 13.4. The van der Waals surface area contributed by atoms with E-state index < -0.39 is 44.1 Å². The number of hydrogen-bond donors (Lipinski definition) is 1. The van der Waals surface area contributed by atoms with Gasteiger partial charge in [-0.3, -0.25) is 28.5 Å². The molecule has 10 nitrogen and oxygen atoms in total. The van der Waals surface area contributed by atoms with Crippen molar-refractivity contribution in [1.29, 1.82) is 0 Å². The Bertz CT molecular complexity index is 2220. The molecular weight excluding hydrogens is 610 g/mol. The van der Waals surface area contributed by atoms with Crippen LogP contribution < -0.4 is 32.7 Å². The van der Waals surface area contributed by atoms with Crippen molar-refractivity contribution in [2.24, 2.45) is 17.1 Å². The van der Waals surface area contributed by atoms with Gasteiger partial charge in [-0.05, 0) is 101 Å². The number of hydrogen-bond acceptors (Lipinski definition) is 8. The number of aromatic nitrogens is 2. The van der Waals surface area contributed by atoms with Crippen LogP contribution in [0.2, 0.25) is 0 Å². The Kier molecular flexibility index (Phi) is 7.48. The molecule has 0 radical (unpaired) electrons. The number of benzene rings is 3. The average Bonchev–Trinajstić information content (AvgIpc) is 3.50. The molecule has 1 aliphatic carbocycles. The number of esters is 1. The zero-order valence-corrected chi connectivity index (χ0v) is 28.6. The number of nitrogens with two attached hydrogens (primary N) is 1. The van der Waals surface area contributed by atoms with Gasteiger partial charge in [0.2, 0.25) is 0 Å². The minimum atomic E-state index is -0.753. The summed E-state index contributed by atoms with van der Waals surface area (Å²) < 4.78 is 13.4. The summed E-state index contributed by atoms with van der Waals surface area (Å²) in [5.41, 5.74) is 3.65. The van der Waals surface area contributed by atoms with E-state index in [2.05, 4.69) is 20.8 Å². The van der Waals surface area contributed by atoms with Crippen LogP contribution in [0, 0.1) is 11.3 Å². The van der Waals surface area contributed by atoms with Crippen LogP contribution in [-0.4, -0.2) is 27.8 Å². The smallest absolute Gasteiger partial charge is 0.312 e. The van der Waals surface area contributed by atoms with Crippen LogP contribution in [-0.2, 0) is 20.5 Å². The number of ether oxygens (including phenoxy) is 2. The largest absolute Gasteiger partial charge is 0.469 e. The molecule has 1 aliphatic rings. The molecule has 0 amide bonds. The van der Waals surface area contributed by atoms with Gasteiger partial charge < -0.3 is 15.2 Å². The third kappa shape index (κ3) is 5.01. The SMILES string of the molecule is COC(=O)C1(CC(C)(N)C(C)(C)c2ccc(Oc3ccc(-n4c(=O)c5cc6c(=O)n(C(C)(C)C)c(=O)c6cc5c4=O)cc3)cc2)CC1C. The maximum Gasteiger partial charge on any atom is 0.312 e. The van der Waals surface area contributed by atoms with Crippen molar-refractivity contribution in [2.45, 2.75) is 77.8 Å². The molecule has 2 aromatic heterocycles. The quantitative estimate of drug-likeness (QED) is 0.231. The number of nitrogens with zero attached hydrogens (tertiary/aromatic N) is 2. The van der Waals surface area contributed by atoms with Gasteiger partial charge in [0, 0.05) is 16.5 Å².